The van der Waals surface area contributed by atoms with E-state index in [0.717, 1.165) is 33.6 Å². The standard InChI is InChI=1S/C25H15F4N/c26-21-9-5-8-18(24(21)25(27,28)29)16-12-14-17(15-13-16)30-22-10-3-1-6-19(22)20-7-2-4-11-23(20)30/h1-15H. The van der Waals surface area contributed by atoms with E-state index < -0.39 is 17.6 Å². The Morgan fingerprint density at radius 1 is 0.600 bits per heavy atom. The van der Waals surface area contributed by atoms with Crippen molar-refractivity contribution in [3.05, 3.63) is 102 Å². The molecule has 4 aromatic carbocycles. The van der Waals surface area contributed by atoms with Crippen molar-refractivity contribution in [1.29, 1.82) is 0 Å². The maximum absolute atomic E-state index is 14.0. The van der Waals surface area contributed by atoms with Crippen LogP contribution in [0.1, 0.15) is 5.56 Å². The number of halogens is 4. The minimum Gasteiger partial charge on any atom is -0.309 e. The van der Waals surface area contributed by atoms with Gasteiger partial charge in [-0.25, -0.2) is 4.39 Å². The molecule has 5 aromatic rings. The van der Waals surface area contributed by atoms with E-state index in [4.69, 9.17) is 0 Å². The molecule has 1 nitrogen and oxygen atoms in total. The molecule has 5 heteroatoms. The van der Waals surface area contributed by atoms with Gasteiger partial charge in [-0.3, -0.25) is 0 Å². The van der Waals surface area contributed by atoms with Crippen LogP contribution in [0.3, 0.4) is 0 Å². The summed E-state index contributed by atoms with van der Waals surface area (Å²) in [6.45, 7) is 0. The molecule has 0 fully saturated rings. The van der Waals surface area contributed by atoms with Crippen molar-refractivity contribution < 1.29 is 17.6 Å². The van der Waals surface area contributed by atoms with Crippen molar-refractivity contribution in [3.8, 4) is 16.8 Å². The zero-order valence-electron chi connectivity index (χ0n) is 15.6. The summed E-state index contributed by atoms with van der Waals surface area (Å²) in [5.41, 5.74) is 1.74. The summed E-state index contributed by atoms with van der Waals surface area (Å²) in [5.74, 6) is -1.27. The van der Waals surface area contributed by atoms with Crippen LogP contribution in [0.2, 0.25) is 0 Å². The summed E-state index contributed by atoms with van der Waals surface area (Å²) in [6.07, 6.45) is -4.77. The Labute approximate surface area is 169 Å². The SMILES string of the molecule is Fc1cccc(-c2ccc(-n3c4ccccc4c4ccccc43)cc2)c1C(F)(F)F. The maximum atomic E-state index is 14.0. The van der Waals surface area contributed by atoms with Crippen LogP contribution in [0, 0.1) is 5.82 Å². The lowest BCUT2D eigenvalue weighted by Crippen LogP contribution is -2.10. The van der Waals surface area contributed by atoms with E-state index in [9.17, 15) is 17.6 Å². The first-order valence-electron chi connectivity index (χ1n) is 9.40. The van der Waals surface area contributed by atoms with Gasteiger partial charge in [0.15, 0.2) is 0 Å². The molecule has 0 N–H and O–H groups in total. The number of aromatic nitrogens is 1. The van der Waals surface area contributed by atoms with Crippen LogP contribution < -0.4 is 0 Å². The van der Waals surface area contributed by atoms with Gasteiger partial charge in [-0.1, -0.05) is 60.7 Å². The van der Waals surface area contributed by atoms with E-state index >= 15 is 0 Å². The molecule has 0 saturated heterocycles. The number of hydrogen-bond acceptors (Lipinski definition) is 0. The fourth-order valence-electron chi connectivity index (χ4n) is 4.04. The van der Waals surface area contributed by atoms with Gasteiger partial charge in [0.05, 0.1) is 16.6 Å². The summed E-state index contributed by atoms with van der Waals surface area (Å²) in [6, 6.07) is 26.1. The number of rotatable bonds is 2. The van der Waals surface area contributed by atoms with E-state index in [1.165, 1.54) is 12.1 Å². The number of fused-ring (bicyclic) bond motifs is 3. The predicted molar refractivity (Wildman–Crippen MR) is 111 cm³/mol. The number of para-hydroxylation sites is 2. The summed E-state index contributed by atoms with van der Waals surface area (Å²) >= 11 is 0. The number of hydrogen-bond donors (Lipinski definition) is 0. The summed E-state index contributed by atoms with van der Waals surface area (Å²) in [5, 5.41) is 2.20. The highest BCUT2D eigenvalue weighted by Gasteiger charge is 2.37. The third-order valence-electron chi connectivity index (χ3n) is 5.31. The van der Waals surface area contributed by atoms with E-state index in [0.29, 0.717) is 5.56 Å². The molecular formula is C25H15F4N. The highest BCUT2D eigenvalue weighted by molar-refractivity contribution is 6.09. The van der Waals surface area contributed by atoms with Crippen molar-refractivity contribution in [2.45, 2.75) is 6.18 Å². The lowest BCUT2D eigenvalue weighted by Gasteiger charge is -2.15. The Bertz CT molecular complexity index is 1330. The Morgan fingerprint density at radius 3 is 1.73 bits per heavy atom. The lowest BCUT2D eigenvalue weighted by molar-refractivity contribution is -0.139. The van der Waals surface area contributed by atoms with Crippen LogP contribution in [-0.4, -0.2) is 4.57 Å². The zero-order valence-corrected chi connectivity index (χ0v) is 15.6. The Balaban J connectivity index is 1.69. The second-order valence-electron chi connectivity index (χ2n) is 7.08. The van der Waals surface area contributed by atoms with Gasteiger partial charge in [0.25, 0.3) is 0 Å². The van der Waals surface area contributed by atoms with E-state index in [2.05, 4.69) is 4.57 Å². The highest BCUT2D eigenvalue weighted by atomic mass is 19.4. The van der Waals surface area contributed by atoms with E-state index in [-0.39, 0.29) is 5.56 Å². The lowest BCUT2D eigenvalue weighted by atomic mass is 9.98. The fraction of sp³-hybridized carbons (Fsp3) is 0.0400. The van der Waals surface area contributed by atoms with E-state index in [1.54, 1.807) is 24.3 Å². The molecule has 0 saturated carbocycles. The minimum absolute atomic E-state index is 0.170. The molecule has 30 heavy (non-hydrogen) atoms. The molecule has 0 amide bonds. The van der Waals surface area contributed by atoms with Crippen molar-refractivity contribution in [1.82, 2.24) is 4.57 Å². The molecule has 0 aliphatic rings. The number of nitrogens with zero attached hydrogens (tertiary/aromatic N) is 1. The molecule has 0 aliphatic carbocycles. The highest BCUT2D eigenvalue weighted by Crippen LogP contribution is 2.39. The molecule has 0 atom stereocenters. The molecule has 5 rings (SSSR count). The molecule has 0 bridgehead atoms. The first-order valence-corrected chi connectivity index (χ1v) is 9.40. The van der Waals surface area contributed by atoms with Crippen LogP contribution in [-0.2, 0) is 6.18 Å². The molecule has 0 unspecified atom stereocenters. The van der Waals surface area contributed by atoms with Crippen LogP contribution in [0.25, 0.3) is 38.6 Å². The smallest absolute Gasteiger partial charge is 0.309 e. The maximum Gasteiger partial charge on any atom is 0.419 e. The first-order chi connectivity index (χ1) is 14.4. The van der Waals surface area contributed by atoms with Crippen molar-refractivity contribution in [2.24, 2.45) is 0 Å². The number of benzene rings is 4. The van der Waals surface area contributed by atoms with Gasteiger partial charge in [-0.2, -0.15) is 13.2 Å². The zero-order chi connectivity index (χ0) is 20.9. The largest absolute Gasteiger partial charge is 0.419 e. The predicted octanol–water partition coefficient (Wildman–Crippen LogP) is 7.61. The molecule has 1 aromatic heterocycles. The van der Waals surface area contributed by atoms with Crippen LogP contribution in [0.15, 0.2) is 91.0 Å². The van der Waals surface area contributed by atoms with Gasteiger partial charge in [0, 0.05) is 16.5 Å². The molecule has 0 aliphatic heterocycles. The average Bonchev–Trinajstić information content (AvgIpc) is 3.07. The Hall–Kier alpha value is -3.60. The first kappa shape index (κ1) is 18.4. The van der Waals surface area contributed by atoms with Gasteiger partial charge in [-0.15, -0.1) is 0 Å². The van der Waals surface area contributed by atoms with Crippen molar-refractivity contribution in [2.75, 3.05) is 0 Å². The molecule has 148 valence electrons. The van der Waals surface area contributed by atoms with E-state index in [1.807, 2.05) is 48.5 Å². The van der Waals surface area contributed by atoms with Crippen molar-refractivity contribution in [3.63, 3.8) is 0 Å². The van der Waals surface area contributed by atoms with Crippen LogP contribution in [0.4, 0.5) is 17.6 Å². The van der Waals surface area contributed by atoms with Crippen LogP contribution >= 0.6 is 0 Å². The summed E-state index contributed by atoms with van der Waals surface area (Å²) in [4.78, 5) is 0. The van der Waals surface area contributed by atoms with Gasteiger partial charge < -0.3 is 4.57 Å². The fourth-order valence-corrected chi connectivity index (χ4v) is 4.04. The normalized spacial score (nSPS) is 12.0. The molecule has 0 spiro atoms. The summed E-state index contributed by atoms with van der Waals surface area (Å²) in [7, 11) is 0. The second kappa shape index (κ2) is 6.73. The third kappa shape index (κ3) is 2.86. The molecule has 0 radical (unpaired) electrons. The molecular weight excluding hydrogens is 390 g/mol. The Morgan fingerprint density at radius 2 is 1.17 bits per heavy atom. The second-order valence-corrected chi connectivity index (χ2v) is 7.08. The van der Waals surface area contributed by atoms with Gasteiger partial charge in [-0.05, 0) is 41.5 Å². The van der Waals surface area contributed by atoms with Gasteiger partial charge in [0.2, 0.25) is 0 Å². The summed E-state index contributed by atoms with van der Waals surface area (Å²) < 4.78 is 56.2. The quantitative estimate of drug-likeness (QED) is 0.266. The number of alkyl halides is 3. The molecule has 1 heterocycles. The average molecular weight is 405 g/mol. The monoisotopic (exact) mass is 405 g/mol. The van der Waals surface area contributed by atoms with Gasteiger partial charge >= 0.3 is 6.18 Å². The minimum atomic E-state index is -4.77. The Kier molecular flexibility index (Phi) is 4.13. The van der Waals surface area contributed by atoms with Crippen LogP contribution in [0.5, 0.6) is 0 Å². The van der Waals surface area contributed by atoms with Gasteiger partial charge in [0.1, 0.15) is 5.82 Å². The van der Waals surface area contributed by atoms with Crippen molar-refractivity contribution >= 4 is 21.8 Å². The topological polar surface area (TPSA) is 4.93 Å². The third-order valence-corrected chi connectivity index (χ3v) is 5.31.